The minimum absolute atomic E-state index is 0.288. The number of nitrogens with zero attached hydrogens (tertiary/aromatic N) is 2. The van der Waals surface area contributed by atoms with Crippen molar-refractivity contribution in [3.05, 3.63) is 52.7 Å². The molecule has 0 spiro atoms. The van der Waals surface area contributed by atoms with Crippen LogP contribution in [0.4, 0.5) is 11.5 Å². The summed E-state index contributed by atoms with van der Waals surface area (Å²) < 4.78 is 0. The van der Waals surface area contributed by atoms with Crippen LogP contribution < -0.4 is 11.1 Å². The van der Waals surface area contributed by atoms with E-state index in [9.17, 15) is 4.79 Å². The van der Waals surface area contributed by atoms with Crippen LogP contribution >= 0.6 is 11.6 Å². The number of carbonyl (C=O) groups is 1. The van der Waals surface area contributed by atoms with Crippen LogP contribution in [0.25, 0.3) is 0 Å². The highest BCUT2D eigenvalue weighted by molar-refractivity contribution is 6.32. The van der Waals surface area contributed by atoms with E-state index in [4.69, 9.17) is 22.6 Å². The van der Waals surface area contributed by atoms with E-state index in [0.717, 1.165) is 0 Å². The van der Waals surface area contributed by atoms with E-state index < -0.39 is 0 Å². The van der Waals surface area contributed by atoms with Crippen molar-refractivity contribution in [2.24, 2.45) is 0 Å². The molecule has 0 saturated heterocycles. The van der Waals surface area contributed by atoms with Gasteiger partial charge in [0.2, 0.25) is 0 Å². The summed E-state index contributed by atoms with van der Waals surface area (Å²) in [6.45, 7) is 0. The summed E-state index contributed by atoms with van der Waals surface area (Å²) in [4.78, 5) is 15.7. The minimum atomic E-state index is -0.326. The quantitative estimate of drug-likeness (QED) is 0.878. The first-order valence-corrected chi connectivity index (χ1v) is 5.70. The molecule has 0 radical (unpaired) electrons. The first-order valence-electron chi connectivity index (χ1n) is 5.32. The molecule has 0 atom stereocenters. The molecule has 2 aromatic rings. The number of nitrogens with two attached hydrogens (primary N) is 1. The molecule has 94 valence electrons. The fraction of sp³-hybridized carbons (Fsp3) is 0. The largest absolute Gasteiger partial charge is 0.384 e. The van der Waals surface area contributed by atoms with Crippen LogP contribution in [-0.4, -0.2) is 10.9 Å². The van der Waals surface area contributed by atoms with Gasteiger partial charge in [-0.05, 0) is 30.3 Å². The Hall–Kier alpha value is -2.58. The Balaban J connectivity index is 2.17. The van der Waals surface area contributed by atoms with Gasteiger partial charge < -0.3 is 11.1 Å². The first kappa shape index (κ1) is 12.9. The van der Waals surface area contributed by atoms with Crippen molar-refractivity contribution >= 4 is 29.0 Å². The van der Waals surface area contributed by atoms with Crippen LogP contribution in [-0.2, 0) is 0 Å². The number of benzene rings is 1. The number of pyridine rings is 1. The SMILES string of the molecule is N#Cc1ccc(NC(=O)c2ccc(N)nc2)cc1Cl. The van der Waals surface area contributed by atoms with E-state index in [1.165, 1.54) is 12.3 Å². The highest BCUT2D eigenvalue weighted by atomic mass is 35.5. The van der Waals surface area contributed by atoms with Gasteiger partial charge in [-0.3, -0.25) is 4.79 Å². The van der Waals surface area contributed by atoms with Crippen LogP contribution in [0.3, 0.4) is 0 Å². The van der Waals surface area contributed by atoms with Gasteiger partial charge in [-0.1, -0.05) is 11.6 Å². The molecule has 0 fully saturated rings. The lowest BCUT2D eigenvalue weighted by molar-refractivity contribution is 0.102. The topological polar surface area (TPSA) is 91.8 Å². The fourth-order valence-electron chi connectivity index (χ4n) is 1.43. The standard InChI is InChI=1S/C13H9ClN4O/c14-11-5-10(3-1-8(11)6-15)18-13(19)9-2-4-12(16)17-7-9/h1-5,7H,(H2,16,17)(H,18,19). The third kappa shape index (κ3) is 3.00. The molecule has 1 amide bonds. The maximum absolute atomic E-state index is 11.9. The molecule has 1 aromatic heterocycles. The third-order valence-corrected chi connectivity index (χ3v) is 2.71. The Labute approximate surface area is 114 Å². The number of hydrogen-bond acceptors (Lipinski definition) is 4. The second-order valence-electron chi connectivity index (χ2n) is 3.73. The molecular weight excluding hydrogens is 264 g/mol. The number of rotatable bonds is 2. The highest BCUT2D eigenvalue weighted by Crippen LogP contribution is 2.20. The van der Waals surface area contributed by atoms with Gasteiger partial charge in [0, 0.05) is 11.9 Å². The number of carbonyl (C=O) groups excluding carboxylic acids is 1. The maximum Gasteiger partial charge on any atom is 0.257 e. The lowest BCUT2D eigenvalue weighted by Gasteiger charge is -2.06. The highest BCUT2D eigenvalue weighted by Gasteiger charge is 2.08. The summed E-state index contributed by atoms with van der Waals surface area (Å²) in [6.07, 6.45) is 1.38. The molecule has 2 rings (SSSR count). The lowest BCUT2D eigenvalue weighted by Crippen LogP contribution is -2.12. The number of aromatic nitrogens is 1. The molecule has 6 heteroatoms. The molecule has 0 bridgehead atoms. The van der Waals surface area contributed by atoms with Crippen LogP contribution in [0.5, 0.6) is 0 Å². The monoisotopic (exact) mass is 272 g/mol. The molecule has 0 aliphatic heterocycles. The molecule has 0 saturated carbocycles. The molecule has 19 heavy (non-hydrogen) atoms. The normalized spacial score (nSPS) is 9.68. The van der Waals surface area contributed by atoms with E-state index in [1.54, 1.807) is 24.3 Å². The number of anilines is 2. The Morgan fingerprint density at radius 1 is 1.37 bits per heavy atom. The summed E-state index contributed by atoms with van der Waals surface area (Å²) in [5, 5.41) is 11.7. The van der Waals surface area contributed by atoms with Crippen molar-refractivity contribution in [3.8, 4) is 6.07 Å². The second-order valence-corrected chi connectivity index (χ2v) is 4.14. The van der Waals surface area contributed by atoms with E-state index in [0.29, 0.717) is 22.6 Å². The number of nitrogens with one attached hydrogen (secondary N) is 1. The van der Waals surface area contributed by atoms with Gasteiger partial charge in [0.05, 0.1) is 16.1 Å². The fourth-order valence-corrected chi connectivity index (χ4v) is 1.65. The lowest BCUT2D eigenvalue weighted by atomic mass is 10.2. The summed E-state index contributed by atoms with van der Waals surface area (Å²) >= 11 is 5.88. The molecule has 0 aliphatic carbocycles. The van der Waals surface area contributed by atoms with Crippen molar-refractivity contribution in [3.63, 3.8) is 0 Å². The smallest absolute Gasteiger partial charge is 0.257 e. The van der Waals surface area contributed by atoms with E-state index in [1.807, 2.05) is 6.07 Å². The van der Waals surface area contributed by atoms with Gasteiger partial charge in [0.15, 0.2) is 0 Å². The zero-order chi connectivity index (χ0) is 13.8. The third-order valence-electron chi connectivity index (χ3n) is 2.40. The van der Waals surface area contributed by atoms with E-state index in [-0.39, 0.29) is 10.9 Å². The number of nitriles is 1. The zero-order valence-corrected chi connectivity index (χ0v) is 10.5. The van der Waals surface area contributed by atoms with Gasteiger partial charge in [0.1, 0.15) is 11.9 Å². The Bertz CT molecular complexity index is 661. The van der Waals surface area contributed by atoms with Crippen LogP contribution in [0.2, 0.25) is 5.02 Å². The van der Waals surface area contributed by atoms with Crippen molar-refractivity contribution in [1.29, 1.82) is 5.26 Å². The van der Waals surface area contributed by atoms with E-state index in [2.05, 4.69) is 10.3 Å². The number of hydrogen-bond donors (Lipinski definition) is 2. The van der Waals surface area contributed by atoms with Crippen LogP contribution in [0.1, 0.15) is 15.9 Å². The predicted octanol–water partition coefficient (Wildman–Crippen LogP) is 2.44. The molecule has 0 unspecified atom stereocenters. The number of amides is 1. The summed E-state index contributed by atoms with van der Waals surface area (Å²) in [7, 11) is 0. The number of nitrogen functional groups attached to an aromatic ring is 1. The summed E-state index contributed by atoms with van der Waals surface area (Å²) in [6, 6.07) is 9.72. The average Bonchev–Trinajstić information content (AvgIpc) is 2.39. The molecular formula is C13H9ClN4O. The maximum atomic E-state index is 11.9. The Kier molecular flexibility index (Phi) is 3.64. The average molecular weight is 273 g/mol. The van der Waals surface area contributed by atoms with Gasteiger partial charge >= 0.3 is 0 Å². The Morgan fingerprint density at radius 3 is 2.74 bits per heavy atom. The predicted molar refractivity (Wildman–Crippen MR) is 72.8 cm³/mol. The molecule has 5 nitrogen and oxygen atoms in total. The van der Waals surface area contributed by atoms with Gasteiger partial charge in [-0.25, -0.2) is 4.98 Å². The van der Waals surface area contributed by atoms with Crippen LogP contribution in [0.15, 0.2) is 36.5 Å². The molecule has 1 heterocycles. The first-order chi connectivity index (χ1) is 9.10. The van der Waals surface area contributed by atoms with E-state index >= 15 is 0 Å². The van der Waals surface area contributed by atoms with Crippen molar-refractivity contribution in [2.75, 3.05) is 11.1 Å². The van der Waals surface area contributed by atoms with Crippen molar-refractivity contribution < 1.29 is 4.79 Å². The minimum Gasteiger partial charge on any atom is -0.384 e. The van der Waals surface area contributed by atoms with Gasteiger partial charge in [-0.15, -0.1) is 0 Å². The van der Waals surface area contributed by atoms with Crippen molar-refractivity contribution in [1.82, 2.24) is 4.98 Å². The zero-order valence-electron chi connectivity index (χ0n) is 9.72. The van der Waals surface area contributed by atoms with Gasteiger partial charge in [0.25, 0.3) is 5.91 Å². The van der Waals surface area contributed by atoms with Crippen LogP contribution in [0, 0.1) is 11.3 Å². The molecule has 0 aliphatic rings. The number of halogens is 1. The molecule has 1 aromatic carbocycles. The van der Waals surface area contributed by atoms with Gasteiger partial charge in [-0.2, -0.15) is 5.26 Å². The second kappa shape index (κ2) is 5.38. The Morgan fingerprint density at radius 2 is 2.16 bits per heavy atom. The molecule has 3 N–H and O–H groups in total. The summed E-state index contributed by atoms with van der Waals surface area (Å²) in [5.74, 6) is 0.0197. The summed E-state index contributed by atoms with van der Waals surface area (Å²) in [5.41, 5.74) is 6.69. The van der Waals surface area contributed by atoms with Crippen molar-refractivity contribution in [2.45, 2.75) is 0 Å².